The lowest BCUT2D eigenvalue weighted by Crippen LogP contribution is -2.33. The highest BCUT2D eigenvalue weighted by Gasteiger charge is 2.13. The number of rotatable bonds is 7. The van der Waals surface area contributed by atoms with Crippen molar-refractivity contribution in [1.29, 1.82) is 0 Å². The molecule has 0 saturated heterocycles. The Morgan fingerprint density at radius 1 is 1.15 bits per heavy atom. The van der Waals surface area contributed by atoms with Gasteiger partial charge in [-0.15, -0.1) is 0 Å². The zero-order valence-electron chi connectivity index (χ0n) is 11.9. The van der Waals surface area contributed by atoms with Gasteiger partial charge in [0.15, 0.2) is 0 Å². The second-order valence-corrected chi connectivity index (χ2v) is 5.20. The molecule has 110 valence electrons. The number of amides is 1. The van der Waals surface area contributed by atoms with Crippen LogP contribution >= 0.6 is 0 Å². The summed E-state index contributed by atoms with van der Waals surface area (Å²) in [5.41, 5.74) is 0.959. The smallest absolute Gasteiger partial charge is 0.239 e. The van der Waals surface area contributed by atoms with Crippen LogP contribution in [0.15, 0.2) is 30.3 Å². The topological polar surface area (TPSA) is 50.4 Å². The van der Waals surface area contributed by atoms with Crippen LogP contribution < -0.4 is 10.6 Å². The van der Waals surface area contributed by atoms with E-state index in [9.17, 15) is 4.79 Å². The van der Waals surface area contributed by atoms with Crippen molar-refractivity contribution in [2.24, 2.45) is 0 Å². The Morgan fingerprint density at radius 2 is 1.90 bits per heavy atom. The highest BCUT2D eigenvalue weighted by molar-refractivity contribution is 5.80. The van der Waals surface area contributed by atoms with Crippen molar-refractivity contribution in [2.45, 2.75) is 38.2 Å². The van der Waals surface area contributed by atoms with E-state index >= 15 is 0 Å². The van der Waals surface area contributed by atoms with Gasteiger partial charge in [-0.2, -0.15) is 0 Å². The van der Waals surface area contributed by atoms with E-state index in [-0.39, 0.29) is 5.91 Å². The maximum atomic E-state index is 11.6. The maximum absolute atomic E-state index is 11.6. The Morgan fingerprint density at radius 3 is 2.65 bits per heavy atom. The Balaban J connectivity index is 1.51. The lowest BCUT2D eigenvalue weighted by molar-refractivity contribution is -0.119. The van der Waals surface area contributed by atoms with Crippen LogP contribution in [0.3, 0.4) is 0 Å². The predicted molar refractivity (Wildman–Crippen MR) is 80.8 cm³/mol. The molecule has 0 unspecified atom stereocenters. The van der Waals surface area contributed by atoms with Gasteiger partial charge in [-0.1, -0.05) is 37.5 Å². The summed E-state index contributed by atoms with van der Waals surface area (Å²) in [4.78, 5) is 11.6. The molecule has 1 amide bonds. The molecule has 1 saturated carbocycles. The van der Waals surface area contributed by atoms with Crippen molar-refractivity contribution in [3.8, 4) is 0 Å². The number of carbonyl (C=O) groups excluding carboxylic acids is 1. The third kappa shape index (κ3) is 5.61. The fourth-order valence-corrected chi connectivity index (χ4v) is 2.45. The number of anilines is 1. The van der Waals surface area contributed by atoms with E-state index in [1.54, 1.807) is 0 Å². The fraction of sp³-hybridized carbons (Fsp3) is 0.562. The van der Waals surface area contributed by atoms with E-state index in [4.69, 9.17) is 4.74 Å². The zero-order chi connectivity index (χ0) is 14.0. The molecule has 20 heavy (non-hydrogen) atoms. The highest BCUT2D eigenvalue weighted by Crippen LogP contribution is 2.19. The Hall–Kier alpha value is -1.55. The van der Waals surface area contributed by atoms with E-state index in [1.807, 2.05) is 30.3 Å². The van der Waals surface area contributed by atoms with Crippen LogP contribution in [0.25, 0.3) is 0 Å². The molecule has 1 aliphatic carbocycles. The summed E-state index contributed by atoms with van der Waals surface area (Å²) in [5.74, 6) is 0.00102. The van der Waals surface area contributed by atoms with E-state index in [1.165, 1.54) is 32.1 Å². The third-order valence-corrected chi connectivity index (χ3v) is 3.56. The minimum atomic E-state index is 0.00102. The summed E-state index contributed by atoms with van der Waals surface area (Å²) in [6, 6.07) is 9.73. The van der Waals surface area contributed by atoms with Gasteiger partial charge in [-0.25, -0.2) is 0 Å². The lowest BCUT2D eigenvalue weighted by Gasteiger charge is -2.22. The van der Waals surface area contributed by atoms with Gasteiger partial charge in [0.1, 0.15) is 0 Å². The van der Waals surface area contributed by atoms with Crippen LogP contribution in [0.5, 0.6) is 0 Å². The SMILES string of the molecule is O=C(CNc1ccccc1)NCCOC1CCCCC1. The molecule has 2 rings (SSSR count). The van der Waals surface area contributed by atoms with Crippen molar-refractivity contribution < 1.29 is 9.53 Å². The number of benzene rings is 1. The number of nitrogens with one attached hydrogen (secondary N) is 2. The largest absolute Gasteiger partial charge is 0.376 e. The van der Waals surface area contributed by atoms with Crippen LogP contribution in [-0.2, 0) is 9.53 Å². The first-order chi connectivity index (χ1) is 9.84. The normalized spacial score (nSPS) is 15.8. The monoisotopic (exact) mass is 276 g/mol. The fourth-order valence-electron chi connectivity index (χ4n) is 2.45. The summed E-state index contributed by atoms with van der Waals surface area (Å²) in [5, 5.41) is 5.95. The summed E-state index contributed by atoms with van der Waals surface area (Å²) in [7, 11) is 0. The average Bonchev–Trinajstić information content (AvgIpc) is 2.52. The molecule has 1 aromatic carbocycles. The number of carbonyl (C=O) groups is 1. The number of hydrogen-bond acceptors (Lipinski definition) is 3. The van der Waals surface area contributed by atoms with Crippen LogP contribution in [-0.4, -0.2) is 31.7 Å². The van der Waals surface area contributed by atoms with Crippen LogP contribution in [0.1, 0.15) is 32.1 Å². The lowest BCUT2D eigenvalue weighted by atomic mass is 9.98. The second kappa shape index (κ2) is 8.59. The molecule has 4 heteroatoms. The minimum Gasteiger partial charge on any atom is -0.376 e. The predicted octanol–water partition coefficient (Wildman–Crippen LogP) is 2.56. The maximum Gasteiger partial charge on any atom is 0.239 e. The van der Waals surface area contributed by atoms with E-state index < -0.39 is 0 Å². The first kappa shape index (κ1) is 14.9. The molecule has 4 nitrogen and oxygen atoms in total. The van der Waals surface area contributed by atoms with Crippen LogP contribution in [0.4, 0.5) is 5.69 Å². The summed E-state index contributed by atoms with van der Waals surface area (Å²) in [6.07, 6.45) is 6.63. The molecule has 1 aromatic rings. The van der Waals surface area contributed by atoms with E-state index in [0.717, 1.165) is 5.69 Å². The quantitative estimate of drug-likeness (QED) is 0.753. The summed E-state index contributed by atoms with van der Waals surface area (Å²) < 4.78 is 5.76. The van der Waals surface area contributed by atoms with Gasteiger partial charge >= 0.3 is 0 Å². The van der Waals surface area contributed by atoms with Crippen molar-refractivity contribution >= 4 is 11.6 Å². The molecule has 0 radical (unpaired) electrons. The Labute approximate surface area is 120 Å². The molecular weight excluding hydrogens is 252 g/mol. The molecular formula is C16H24N2O2. The van der Waals surface area contributed by atoms with Gasteiger partial charge < -0.3 is 15.4 Å². The minimum absolute atomic E-state index is 0.00102. The van der Waals surface area contributed by atoms with Crippen LogP contribution in [0.2, 0.25) is 0 Å². The van der Waals surface area contributed by atoms with Crippen molar-refractivity contribution in [3.63, 3.8) is 0 Å². The molecule has 0 bridgehead atoms. The summed E-state index contributed by atoms with van der Waals surface area (Å²) >= 11 is 0. The molecule has 2 N–H and O–H groups in total. The summed E-state index contributed by atoms with van der Waals surface area (Å²) in [6.45, 7) is 1.50. The Bertz CT molecular complexity index is 389. The van der Waals surface area contributed by atoms with Gasteiger partial charge in [-0.3, -0.25) is 4.79 Å². The van der Waals surface area contributed by atoms with Gasteiger partial charge in [0, 0.05) is 12.2 Å². The standard InChI is InChI=1S/C16H24N2O2/c19-16(13-18-14-7-3-1-4-8-14)17-11-12-20-15-9-5-2-6-10-15/h1,3-4,7-8,15,18H,2,5-6,9-13H2,(H,17,19). The second-order valence-electron chi connectivity index (χ2n) is 5.20. The first-order valence-electron chi connectivity index (χ1n) is 7.52. The molecule has 1 fully saturated rings. The van der Waals surface area contributed by atoms with Crippen molar-refractivity contribution in [2.75, 3.05) is 25.0 Å². The molecule has 0 atom stereocenters. The molecule has 0 heterocycles. The van der Waals surface area contributed by atoms with Gasteiger partial charge in [0.25, 0.3) is 0 Å². The van der Waals surface area contributed by atoms with E-state index in [0.29, 0.717) is 25.8 Å². The molecule has 0 aromatic heterocycles. The van der Waals surface area contributed by atoms with E-state index in [2.05, 4.69) is 10.6 Å². The number of para-hydroxylation sites is 1. The third-order valence-electron chi connectivity index (χ3n) is 3.56. The van der Waals surface area contributed by atoms with Crippen molar-refractivity contribution in [3.05, 3.63) is 30.3 Å². The van der Waals surface area contributed by atoms with Gasteiger partial charge in [-0.05, 0) is 25.0 Å². The van der Waals surface area contributed by atoms with Gasteiger partial charge in [0.2, 0.25) is 5.91 Å². The molecule has 1 aliphatic rings. The first-order valence-corrected chi connectivity index (χ1v) is 7.52. The molecule has 0 aliphatic heterocycles. The van der Waals surface area contributed by atoms with Crippen molar-refractivity contribution in [1.82, 2.24) is 5.32 Å². The zero-order valence-corrected chi connectivity index (χ0v) is 11.9. The number of hydrogen-bond donors (Lipinski definition) is 2. The number of ether oxygens (including phenoxy) is 1. The van der Waals surface area contributed by atoms with Gasteiger partial charge in [0.05, 0.1) is 19.3 Å². The Kier molecular flexibility index (Phi) is 6.38. The molecule has 0 spiro atoms. The van der Waals surface area contributed by atoms with Crippen LogP contribution in [0, 0.1) is 0 Å². The average molecular weight is 276 g/mol. The highest BCUT2D eigenvalue weighted by atomic mass is 16.5.